The van der Waals surface area contributed by atoms with Crippen molar-refractivity contribution in [3.05, 3.63) is 23.8 Å². The molecule has 1 atom stereocenters. The van der Waals surface area contributed by atoms with Crippen LogP contribution in [0.3, 0.4) is 0 Å². The van der Waals surface area contributed by atoms with E-state index in [-0.39, 0.29) is 6.10 Å². The minimum atomic E-state index is -0.454. The Bertz CT molecular complexity index is 579. The predicted molar refractivity (Wildman–Crippen MR) is 81.0 cm³/mol. The van der Waals surface area contributed by atoms with E-state index in [1.165, 1.54) is 4.90 Å². The fraction of sp³-hybridized carbons (Fsp3) is 0.500. The largest absolute Gasteiger partial charge is 0.376 e. The Labute approximate surface area is 124 Å². The van der Waals surface area contributed by atoms with Crippen LogP contribution >= 0.6 is 0 Å². The van der Waals surface area contributed by atoms with Crippen LogP contribution in [0.1, 0.15) is 30.1 Å². The van der Waals surface area contributed by atoms with E-state index in [2.05, 4.69) is 11.8 Å². The first-order chi connectivity index (χ1) is 10.1. The highest BCUT2D eigenvalue weighted by Gasteiger charge is 2.33. The summed E-state index contributed by atoms with van der Waals surface area (Å²) in [7, 11) is 1.65. The number of fused-ring (bicyclic) bond motifs is 1. The summed E-state index contributed by atoms with van der Waals surface area (Å²) in [5, 5.41) is 0. The van der Waals surface area contributed by atoms with Crippen LogP contribution < -0.4 is 9.80 Å². The zero-order chi connectivity index (χ0) is 15.0. The van der Waals surface area contributed by atoms with Crippen molar-refractivity contribution in [1.82, 2.24) is 0 Å². The SMILES string of the molecule is CCN(CC1CCCO1)c1ccc2c(c1)N(C)C(=O)C2=O. The summed E-state index contributed by atoms with van der Waals surface area (Å²) in [5.74, 6) is -0.870. The van der Waals surface area contributed by atoms with E-state index in [1.807, 2.05) is 12.1 Å². The van der Waals surface area contributed by atoms with Crippen molar-refractivity contribution >= 4 is 23.1 Å². The predicted octanol–water partition coefficient (Wildman–Crippen LogP) is 1.85. The Kier molecular flexibility index (Phi) is 3.68. The lowest BCUT2D eigenvalue weighted by Gasteiger charge is -2.26. The molecule has 2 aliphatic rings. The smallest absolute Gasteiger partial charge is 0.299 e. The summed E-state index contributed by atoms with van der Waals surface area (Å²) in [4.78, 5) is 27.2. The number of ketones is 1. The molecule has 5 nitrogen and oxygen atoms in total. The van der Waals surface area contributed by atoms with Crippen LogP contribution in [0.4, 0.5) is 11.4 Å². The van der Waals surface area contributed by atoms with Crippen molar-refractivity contribution in [2.45, 2.75) is 25.9 Å². The van der Waals surface area contributed by atoms with Gasteiger partial charge in [-0.05, 0) is 38.0 Å². The number of amides is 1. The van der Waals surface area contributed by atoms with Gasteiger partial charge in [0, 0.05) is 32.4 Å². The molecule has 2 aliphatic heterocycles. The molecule has 1 fully saturated rings. The fourth-order valence-electron chi connectivity index (χ4n) is 3.01. The number of carbonyl (C=O) groups is 2. The van der Waals surface area contributed by atoms with Gasteiger partial charge in [0.25, 0.3) is 11.7 Å². The van der Waals surface area contributed by atoms with Gasteiger partial charge in [-0.3, -0.25) is 9.59 Å². The van der Waals surface area contributed by atoms with Gasteiger partial charge in [-0.1, -0.05) is 0 Å². The van der Waals surface area contributed by atoms with Gasteiger partial charge in [-0.2, -0.15) is 0 Å². The molecular weight excluding hydrogens is 268 g/mol. The maximum absolute atomic E-state index is 11.8. The Hall–Kier alpha value is -1.88. The highest BCUT2D eigenvalue weighted by molar-refractivity contribution is 6.52. The molecule has 1 amide bonds. The van der Waals surface area contributed by atoms with Crippen molar-refractivity contribution in [2.75, 3.05) is 36.5 Å². The summed E-state index contributed by atoms with van der Waals surface area (Å²) < 4.78 is 5.69. The molecule has 0 aliphatic carbocycles. The first-order valence-electron chi connectivity index (χ1n) is 7.44. The fourth-order valence-corrected chi connectivity index (χ4v) is 3.01. The second-order valence-electron chi connectivity index (χ2n) is 5.57. The van der Waals surface area contributed by atoms with Crippen molar-refractivity contribution in [3.8, 4) is 0 Å². The first-order valence-corrected chi connectivity index (χ1v) is 7.44. The number of rotatable bonds is 4. The number of likely N-dealkylation sites (N-methyl/N-ethyl adjacent to an activating group) is 2. The normalized spacial score (nSPS) is 21.0. The molecule has 5 heteroatoms. The van der Waals surface area contributed by atoms with Crippen molar-refractivity contribution in [2.24, 2.45) is 0 Å². The van der Waals surface area contributed by atoms with Crippen LogP contribution in [0.2, 0.25) is 0 Å². The van der Waals surface area contributed by atoms with Crippen LogP contribution in [0.5, 0.6) is 0 Å². The van der Waals surface area contributed by atoms with Crippen molar-refractivity contribution in [3.63, 3.8) is 0 Å². The molecule has 0 radical (unpaired) electrons. The Balaban J connectivity index is 1.85. The summed E-state index contributed by atoms with van der Waals surface area (Å²) in [6.45, 7) is 4.66. The van der Waals surface area contributed by atoms with E-state index in [4.69, 9.17) is 4.74 Å². The van der Waals surface area contributed by atoms with Crippen LogP contribution in [0.25, 0.3) is 0 Å². The number of hydrogen-bond donors (Lipinski definition) is 0. The maximum Gasteiger partial charge on any atom is 0.299 e. The minimum absolute atomic E-state index is 0.277. The minimum Gasteiger partial charge on any atom is -0.376 e. The zero-order valence-corrected chi connectivity index (χ0v) is 12.5. The summed E-state index contributed by atoms with van der Waals surface area (Å²) in [6.07, 6.45) is 2.50. The molecule has 1 aromatic carbocycles. The summed E-state index contributed by atoms with van der Waals surface area (Å²) >= 11 is 0. The quantitative estimate of drug-likeness (QED) is 0.793. The Morgan fingerprint density at radius 2 is 2.19 bits per heavy atom. The number of carbonyl (C=O) groups excluding carboxylic acids is 2. The van der Waals surface area contributed by atoms with E-state index in [1.54, 1.807) is 13.1 Å². The van der Waals surface area contributed by atoms with Crippen LogP contribution in [0, 0.1) is 0 Å². The number of nitrogens with zero attached hydrogens (tertiary/aromatic N) is 2. The third-order valence-electron chi connectivity index (χ3n) is 4.28. The van der Waals surface area contributed by atoms with E-state index in [9.17, 15) is 9.59 Å². The third-order valence-corrected chi connectivity index (χ3v) is 4.28. The molecule has 2 heterocycles. The monoisotopic (exact) mass is 288 g/mol. The molecule has 3 rings (SSSR count). The maximum atomic E-state index is 11.8. The molecule has 0 saturated carbocycles. The van der Waals surface area contributed by atoms with E-state index >= 15 is 0 Å². The van der Waals surface area contributed by atoms with Crippen LogP contribution in [0.15, 0.2) is 18.2 Å². The van der Waals surface area contributed by atoms with Gasteiger partial charge in [0.05, 0.1) is 17.4 Å². The van der Waals surface area contributed by atoms with Gasteiger partial charge in [0.2, 0.25) is 0 Å². The number of hydrogen-bond acceptors (Lipinski definition) is 4. The van der Waals surface area contributed by atoms with E-state index in [0.29, 0.717) is 11.3 Å². The molecule has 0 aromatic heterocycles. The molecule has 0 bridgehead atoms. The average Bonchev–Trinajstić information content (AvgIpc) is 3.09. The van der Waals surface area contributed by atoms with Gasteiger partial charge < -0.3 is 14.5 Å². The highest BCUT2D eigenvalue weighted by atomic mass is 16.5. The first kappa shape index (κ1) is 14.1. The third kappa shape index (κ3) is 2.42. The van der Waals surface area contributed by atoms with Crippen LogP contribution in [-0.4, -0.2) is 44.5 Å². The topological polar surface area (TPSA) is 49.9 Å². The molecule has 112 valence electrons. The molecular formula is C16H20N2O3. The lowest BCUT2D eigenvalue weighted by molar-refractivity contribution is -0.114. The molecule has 1 aromatic rings. The molecule has 0 N–H and O–H groups in total. The number of ether oxygens (including phenoxy) is 1. The van der Waals surface area contributed by atoms with Gasteiger partial charge >= 0.3 is 0 Å². The second-order valence-corrected chi connectivity index (χ2v) is 5.57. The average molecular weight is 288 g/mol. The van der Waals surface area contributed by atoms with Gasteiger partial charge in [-0.25, -0.2) is 0 Å². The van der Waals surface area contributed by atoms with Gasteiger partial charge in [-0.15, -0.1) is 0 Å². The van der Waals surface area contributed by atoms with Crippen LogP contribution in [-0.2, 0) is 9.53 Å². The van der Waals surface area contributed by atoms with Crippen molar-refractivity contribution < 1.29 is 14.3 Å². The van der Waals surface area contributed by atoms with Crippen molar-refractivity contribution in [1.29, 1.82) is 0 Å². The number of Topliss-reactive ketones (excluding diaryl/α,β-unsaturated/α-hetero) is 1. The lowest BCUT2D eigenvalue weighted by Crippen LogP contribution is -2.32. The Morgan fingerprint density at radius 1 is 1.38 bits per heavy atom. The Morgan fingerprint density at radius 3 is 2.86 bits per heavy atom. The summed E-state index contributed by atoms with van der Waals surface area (Å²) in [5.41, 5.74) is 2.23. The molecule has 1 saturated heterocycles. The second kappa shape index (κ2) is 5.48. The highest BCUT2D eigenvalue weighted by Crippen LogP contribution is 2.32. The summed E-state index contributed by atoms with van der Waals surface area (Å²) in [6, 6.07) is 5.60. The van der Waals surface area contributed by atoms with E-state index < -0.39 is 11.7 Å². The number of benzene rings is 1. The van der Waals surface area contributed by atoms with Gasteiger partial charge in [0.15, 0.2) is 0 Å². The molecule has 0 spiro atoms. The molecule has 1 unspecified atom stereocenters. The number of anilines is 2. The molecule has 21 heavy (non-hydrogen) atoms. The zero-order valence-electron chi connectivity index (χ0n) is 12.5. The lowest BCUT2D eigenvalue weighted by atomic mass is 10.1. The van der Waals surface area contributed by atoms with Gasteiger partial charge in [0.1, 0.15) is 0 Å². The van der Waals surface area contributed by atoms with E-state index in [0.717, 1.165) is 38.2 Å². The standard InChI is InChI=1S/C16H20N2O3/c1-3-18(10-12-5-4-8-21-12)11-6-7-13-14(9-11)17(2)16(20)15(13)19/h6-7,9,12H,3-5,8,10H2,1-2H3.